The van der Waals surface area contributed by atoms with E-state index in [1.807, 2.05) is 27.2 Å². The van der Waals surface area contributed by atoms with Gasteiger partial charge in [-0.25, -0.2) is 0 Å². The van der Waals surface area contributed by atoms with Crippen molar-refractivity contribution in [2.75, 3.05) is 40.9 Å². The highest BCUT2D eigenvalue weighted by molar-refractivity contribution is 7.45. The Labute approximate surface area is 429 Å². The lowest BCUT2D eigenvalue weighted by atomic mass is 10.1. The van der Waals surface area contributed by atoms with Gasteiger partial charge in [-0.3, -0.25) is 9.36 Å². The number of amides is 1. The van der Waals surface area contributed by atoms with Gasteiger partial charge in [-0.2, -0.15) is 0 Å². The average molecular weight is 987 g/mol. The Bertz CT molecular complexity index is 1690. The summed E-state index contributed by atoms with van der Waals surface area (Å²) in [6.07, 6.45) is 79.3. The largest absolute Gasteiger partial charge is 0.756 e. The molecule has 0 spiro atoms. The van der Waals surface area contributed by atoms with Gasteiger partial charge in [-0.15, -0.1) is 0 Å². The van der Waals surface area contributed by atoms with Crippen molar-refractivity contribution >= 4 is 13.7 Å². The first-order chi connectivity index (χ1) is 34.0. The first-order valence-electron chi connectivity index (χ1n) is 26.8. The lowest BCUT2D eigenvalue weighted by Gasteiger charge is -2.29. The number of phosphoric acid groups is 1. The maximum atomic E-state index is 12.8. The van der Waals surface area contributed by atoms with Gasteiger partial charge in [-0.05, 0) is 109 Å². The van der Waals surface area contributed by atoms with Gasteiger partial charge in [0.05, 0.1) is 39.9 Å². The summed E-state index contributed by atoms with van der Waals surface area (Å²) in [5, 5.41) is 13.6. The summed E-state index contributed by atoms with van der Waals surface area (Å²) in [7, 11) is 1.20. The van der Waals surface area contributed by atoms with Crippen molar-refractivity contribution in [2.45, 2.75) is 180 Å². The number of carbonyl (C=O) groups excluding carboxylic acids is 1. The number of hydrogen-bond donors (Lipinski definition) is 2. The Morgan fingerprint density at radius 2 is 0.886 bits per heavy atom. The molecule has 0 aromatic heterocycles. The lowest BCUT2D eigenvalue weighted by Crippen LogP contribution is -2.45. The molecule has 0 fully saturated rings. The monoisotopic (exact) mass is 987 g/mol. The second-order valence-corrected chi connectivity index (χ2v) is 19.9. The number of hydrogen-bond acceptors (Lipinski definition) is 6. The van der Waals surface area contributed by atoms with E-state index in [0.717, 1.165) is 128 Å². The summed E-state index contributed by atoms with van der Waals surface area (Å²) < 4.78 is 23.1. The van der Waals surface area contributed by atoms with Crippen LogP contribution in [0.5, 0.6) is 0 Å². The zero-order valence-electron chi connectivity index (χ0n) is 44.6. The van der Waals surface area contributed by atoms with Crippen LogP contribution in [0.4, 0.5) is 0 Å². The highest BCUT2D eigenvalue weighted by Crippen LogP contribution is 2.38. The molecule has 8 nitrogen and oxygen atoms in total. The minimum absolute atomic E-state index is 0.0178. The lowest BCUT2D eigenvalue weighted by molar-refractivity contribution is -0.870. The average Bonchev–Trinajstić information content (AvgIpc) is 3.32. The Morgan fingerprint density at radius 1 is 0.514 bits per heavy atom. The number of aliphatic hydroxyl groups is 1. The summed E-state index contributed by atoms with van der Waals surface area (Å²) >= 11 is 0. The summed E-state index contributed by atoms with van der Waals surface area (Å²) in [6, 6.07) is -0.917. The number of phosphoric ester groups is 1. The number of rotatable bonds is 46. The maximum absolute atomic E-state index is 12.8. The third kappa shape index (κ3) is 52.0. The number of nitrogens with zero attached hydrogens (tertiary/aromatic N) is 1. The smallest absolute Gasteiger partial charge is 0.268 e. The Balaban J connectivity index is 4.04. The van der Waals surface area contributed by atoms with Crippen LogP contribution in [0, 0.1) is 0 Å². The van der Waals surface area contributed by atoms with E-state index in [4.69, 9.17) is 9.05 Å². The molecule has 0 aliphatic carbocycles. The van der Waals surface area contributed by atoms with Crippen LogP contribution in [-0.2, 0) is 18.4 Å². The zero-order chi connectivity index (χ0) is 51.3. The van der Waals surface area contributed by atoms with Gasteiger partial charge in [0.2, 0.25) is 5.91 Å². The molecule has 394 valence electrons. The van der Waals surface area contributed by atoms with Crippen LogP contribution in [0.3, 0.4) is 0 Å². The van der Waals surface area contributed by atoms with Crippen molar-refractivity contribution in [1.82, 2.24) is 5.32 Å². The van der Waals surface area contributed by atoms with Gasteiger partial charge in [-0.1, -0.05) is 210 Å². The Morgan fingerprint density at radius 3 is 1.31 bits per heavy atom. The van der Waals surface area contributed by atoms with Crippen LogP contribution in [-0.4, -0.2) is 68.5 Å². The number of quaternary nitrogens is 1. The number of likely N-dealkylation sites (N-methyl/N-ethyl adjacent to an activating group) is 1. The standard InChI is InChI=1S/C61H99N2O6P/c1-6-8-10-12-14-15-16-17-18-19-20-21-22-23-24-25-26-27-28-29-30-31-32-33-34-35-36-37-38-39-40-41-42-43-44-45-46-47-49-51-53-55-61(65)62-59(60(64)54-52-50-48-13-11-9-7-2)58-69-70(66,67)68-57-56-63(3,4)5/h8,10-11,13-15,17-18,20-21,23-24,26-27,29-30,32-33,35-36,38-39,41-42,52,54,59-60,64H,6-7,9,12,16,19,22,25,28,31,34,37,40,43-51,53,55-58H2,1-5H3,(H-,62,65,66,67)/b10-8-,13-11+,15-14-,18-17-,21-20-,24-23-,27-26-,30-29-,33-32-,36-35-,39-38-,42-41-,54-52+. The molecule has 0 radical (unpaired) electrons. The molecule has 3 atom stereocenters. The molecule has 0 heterocycles. The first-order valence-corrected chi connectivity index (χ1v) is 28.3. The van der Waals surface area contributed by atoms with E-state index in [-0.39, 0.29) is 12.5 Å². The van der Waals surface area contributed by atoms with Crippen molar-refractivity contribution < 1.29 is 32.9 Å². The SMILES string of the molecule is CC/C=C\C/C=C\C/C=C\C/C=C\C/C=C\C/C=C\C/C=C\C/C=C\C/C=C\C/C=C\C/C=C\CCCCCCCCCC(=O)NC(COP(=O)([O-])OCC[N+](C)(C)C)C(O)/C=C/CC/C=C/CCC. The van der Waals surface area contributed by atoms with Crippen LogP contribution in [0.2, 0.25) is 0 Å². The number of carbonyl (C=O) groups is 1. The molecular weight excluding hydrogens is 888 g/mol. The second kappa shape index (κ2) is 50.1. The van der Waals surface area contributed by atoms with Gasteiger partial charge in [0.25, 0.3) is 7.82 Å². The molecule has 2 N–H and O–H groups in total. The Kier molecular flexibility index (Phi) is 47.3. The van der Waals surface area contributed by atoms with E-state index in [1.54, 1.807) is 6.08 Å². The highest BCUT2D eigenvalue weighted by atomic mass is 31.2. The van der Waals surface area contributed by atoms with Crippen molar-refractivity contribution in [3.05, 3.63) is 158 Å². The molecule has 0 saturated carbocycles. The number of aliphatic hydroxyl groups excluding tert-OH is 1. The first kappa shape index (κ1) is 66.1. The molecule has 3 unspecified atom stereocenters. The molecule has 0 rings (SSSR count). The minimum Gasteiger partial charge on any atom is -0.756 e. The molecule has 0 aliphatic heterocycles. The van der Waals surface area contributed by atoms with Crippen molar-refractivity contribution in [1.29, 1.82) is 0 Å². The van der Waals surface area contributed by atoms with E-state index in [2.05, 4.69) is 165 Å². The van der Waals surface area contributed by atoms with Crippen molar-refractivity contribution in [2.24, 2.45) is 0 Å². The van der Waals surface area contributed by atoms with Crippen LogP contribution in [0.1, 0.15) is 168 Å². The normalized spacial score (nSPS) is 15.2. The van der Waals surface area contributed by atoms with Gasteiger partial charge in [0, 0.05) is 6.42 Å². The number of unbranched alkanes of at least 4 members (excludes halogenated alkanes) is 9. The van der Waals surface area contributed by atoms with Gasteiger partial charge >= 0.3 is 0 Å². The molecule has 9 heteroatoms. The second-order valence-electron chi connectivity index (χ2n) is 18.5. The molecule has 0 aromatic carbocycles. The van der Waals surface area contributed by atoms with E-state index in [9.17, 15) is 19.4 Å². The van der Waals surface area contributed by atoms with Crippen molar-refractivity contribution in [3.8, 4) is 0 Å². The van der Waals surface area contributed by atoms with Gasteiger partial charge in [0.1, 0.15) is 13.2 Å². The molecule has 0 aromatic rings. The fourth-order valence-corrected chi connectivity index (χ4v) is 7.25. The predicted octanol–water partition coefficient (Wildman–Crippen LogP) is 15.7. The fraction of sp³-hybridized carbons (Fsp3) is 0.557. The predicted molar refractivity (Wildman–Crippen MR) is 301 cm³/mol. The Hall–Kier alpha value is -3.88. The summed E-state index contributed by atoms with van der Waals surface area (Å²) in [5.74, 6) is -0.232. The zero-order valence-corrected chi connectivity index (χ0v) is 45.5. The van der Waals surface area contributed by atoms with Gasteiger partial charge in [0.15, 0.2) is 0 Å². The van der Waals surface area contributed by atoms with Crippen molar-refractivity contribution in [3.63, 3.8) is 0 Å². The molecular formula is C61H99N2O6P. The fourth-order valence-electron chi connectivity index (χ4n) is 6.53. The van der Waals surface area contributed by atoms with Gasteiger partial charge < -0.3 is 28.8 Å². The molecule has 0 aliphatic rings. The third-order valence-corrected chi connectivity index (χ3v) is 11.7. The summed E-state index contributed by atoms with van der Waals surface area (Å²) in [6.45, 7) is 4.35. The number of nitrogens with one attached hydrogen (secondary N) is 1. The number of allylic oxidation sites excluding steroid dienone is 25. The van der Waals surface area contributed by atoms with Crippen LogP contribution >= 0.6 is 7.82 Å². The van der Waals surface area contributed by atoms with Crippen LogP contribution in [0.15, 0.2) is 158 Å². The van der Waals surface area contributed by atoms with E-state index >= 15 is 0 Å². The molecule has 0 saturated heterocycles. The summed E-state index contributed by atoms with van der Waals surface area (Å²) in [5.41, 5.74) is 0. The highest BCUT2D eigenvalue weighted by Gasteiger charge is 2.23. The third-order valence-electron chi connectivity index (χ3n) is 10.7. The van der Waals surface area contributed by atoms with E-state index in [0.29, 0.717) is 17.4 Å². The van der Waals surface area contributed by atoms with E-state index in [1.165, 1.54) is 19.3 Å². The molecule has 0 bridgehead atoms. The summed E-state index contributed by atoms with van der Waals surface area (Å²) in [4.78, 5) is 25.2. The van der Waals surface area contributed by atoms with Crippen LogP contribution < -0.4 is 10.2 Å². The van der Waals surface area contributed by atoms with E-state index < -0.39 is 26.6 Å². The van der Waals surface area contributed by atoms with Crippen LogP contribution in [0.25, 0.3) is 0 Å². The molecule has 1 amide bonds. The molecule has 70 heavy (non-hydrogen) atoms. The topological polar surface area (TPSA) is 108 Å². The minimum atomic E-state index is -4.60. The maximum Gasteiger partial charge on any atom is 0.268 e. The quantitative estimate of drug-likeness (QED) is 0.0272.